The van der Waals surface area contributed by atoms with E-state index in [1.807, 2.05) is 0 Å². The second-order valence-electron chi connectivity index (χ2n) is 9.03. The molecule has 1 heterocycles. The summed E-state index contributed by atoms with van der Waals surface area (Å²) in [4.78, 5) is 0. The molecule has 1 saturated heterocycles. The summed E-state index contributed by atoms with van der Waals surface area (Å²) in [5, 5.41) is 7.06. The lowest BCUT2D eigenvalue weighted by Crippen LogP contribution is -2.63. The lowest BCUT2D eigenvalue weighted by atomic mass is 9.81. The summed E-state index contributed by atoms with van der Waals surface area (Å²) in [6.07, 6.45) is 6.34. The second kappa shape index (κ2) is 6.65. The zero-order chi connectivity index (χ0) is 17.6. The van der Waals surface area contributed by atoms with Gasteiger partial charge in [-0.2, -0.15) is 0 Å². The maximum absolute atomic E-state index is 3.53. The summed E-state index contributed by atoms with van der Waals surface area (Å²) in [5.41, 5.74) is 3.87. The molecule has 2 aliphatic carbocycles. The van der Waals surface area contributed by atoms with E-state index in [2.05, 4.69) is 78.6 Å². The highest BCUT2D eigenvalue weighted by atomic mass is 28.3. The Morgan fingerprint density at radius 3 is 2.56 bits per heavy atom. The molecule has 4 rings (SSSR count). The quantitative estimate of drug-likeness (QED) is 0.802. The lowest BCUT2D eigenvalue weighted by Gasteiger charge is -2.48. The van der Waals surface area contributed by atoms with Gasteiger partial charge < -0.3 is 0 Å². The topological polar surface area (TPSA) is 27.3 Å². The number of rotatable bonds is 3. The van der Waals surface area contributed by atoms with Crippen molar-refractivity contribution in [2.24, 2.45) is 17.8 Å². The first-order chi connectivity index (χ1) is 12.0. The van der Waals surface area contributed by atoms with Gasteiger partial charge in [0.2, 0.25) is 0 Å². The van der Waals surface area contributed by atoms with Crippen molar-refractivity contribution in [3.05, 3.63) is 41.5 Å². The highest BCUT2D eigenvalue weighted by molar-refractivity contribution is 6.76. The van der Waals surface area contributed by atoms with Crippen LogP contribution < -0.4 is 10.6 Å². The van der Waals surface area contributed by atoms with Gasteiger partial charge in [-0.1, -0.05) is 63.4 Å². The fourth-order valence-electron chi connectivity index (χ4n) is 5.76. The Bertz CT molecular complexity index is 648. The molecule has 1 aliphatic heterocycles. The maximum atomic E-state index is 3.53. The van der Waals surface area contributed by atoms with Crippen molar-refractivity contribution in [3.63, 3.8) is 0 Å². The van der Waals surface area contributed by atoms with E-state index in [-0.39, 0.29) is 0 Å². The summed E-state index contributed by atoms with van der Waals surface area (Å²) < 4.78 is 2.74. The van der Waals surface area contributed by atoms with Crippen molar-refractivity contribution in [1.29, 1.82) is 0 Å². The molecule has 4 unspecified atom stereocenters. The van der Waals surface area contributed by atoms with Gasteiger partial charge in [0, 0.05) is 20.0 Å². The molecule has 1 aromatic rings. The molecule has 0 spiro atoms. The van der Waals surface area contributed by atoms with Crippen molar-refractivity contribution < 1.29 is 0 Å². The highest BCUT2D eigenvalue weighted by Gasteiger charge is 2.54. The predicted octanol–water partition coefficient (Wildman–Crippen LogP) is 4.03. The van der Waals surface area contributed by atoms with Crippen LogP contribution in [0.25, 0.3) is 6.08 Å². The Kier molecular flexibility index (Phi) is 4.65. The minimum atomic E-state index is -1.57. The third kappa shape index (κ3) is 2.93. The Hall–Kier alpha value is -0.943. The lowest BCUT2D eigenvalue weighted by molar-refractivity contribution is 0.272. The van der Waals surface area contributed by atoms with Crippen LogP contribution in [0.1, 0.15) is 37.3 Å². The molecular formula is C21H33N3Si. The maximum Gasteiger partial charge on any atom is 0.129 e. The number of hydrogen-bond acceptors (Lipinski definition) is 3. The van der Waals surface area contributed by atoms with Crippen molar-refractivity contribution in [2.45, 2.75) is 44.8 Å². The van der Waals surface area contributed by atoms with Gasteiger partial charge in [0.25, 0.3) is 0 Å². The van der Waals surface area contributed by atoms with E-state index in [4.69, 9.17) is 0 Å². The molecule has 25 heavy (non-hydrogen) atoms. The minimum absolute atomic E-state index is 0.714. The molecule has 0 amide bonds. The third-order valence-corrected chi connectivity index (χ3v) is 11.5. The van der Waals surface area contributed by atoms with Crippen LogP contribution in [0, 0.1) is 17.8 Å². The molecule has 0 radical (unpaired) electrons. The van der Waals surface area contributed by atoms with E-state index in [1.54, 1.807) is 5.56 Å². The average molecular weight is 356 g/mol. The zero-order valence-corrected chi connectivity index (χ0v) is 17.1. The summed E-state index contributed by atoms with van der Waals surface area (Å²) in [6, 6.07) is 9.09. The van der Waals surface area contributed by atoms with E-state index in [0.717, 1.165) is 43.3 Å². The molecule has 2 fully saturated rings. The van der Waals surface area contributed by atoms with E-state index in [9.17, 15) is 0 Å². The molecule has 1 saturated carbocycles. The number of nitrogens with one attached hydrogen (secondary N) is 2. The van der Waals surface area contributed by atoms with Gasteiger partial charge in [0.15, 0.2) is 0 Å². The molecule has 4 atom stereocenters. The van der Waals surface area contributed by atoms with Crippen LogP contribution in [0.3, 0.4) is 0 Å². The van der Waals surface area contributed by atoms with Gasteiger partial charge in [-0.3, -0.25) is 15.2 Å². The van der Waals surface area contributed by atoms with Gasteiger partial charge in [-0.05, 0) is 46.8 Å². The number of nitrogens with zero attached hydrogens (tertiary/aromatic N) is 1. The van der Waals surface area contributed by atoms with Crippen LogP contribution in [0.4, 0.5) is 0 Å². The molecule has 4 heteroatoms. The standard InChI is InChI=1S/C21H33N3Si/c1-15(2)19-11-20-17-8-6-5-7-16(17)9-10-18(20)21(19)25(3,4)24-13-22-12-23-14-24/h5-10,15,18-23H,11-14H2,1-4H3. The van der Waals surface area contributed by atoms with E-state index < -0.39 is 8.24 Å². The summed E-state index contributed by atoms with van der Waals surface area (Å²) in [5.74, 6) is 3.02. The van der Waals surface area contributed by atoms with Gasteiger partial charge in [-0.25, -0.2) is 0 Å². The highest BCUT2D eigenvalue weighted by Crippen LogP contribution is 2.59. The zero-order valence-electron chi connectivity index (χ0n) is 16.1. The normalized spacial score (nSPS) is 32.7. The minimum Gasteiger partial charge on any atom is -0.299 e. The fourth-order valence-corrected chi connectivity index (χ4v) is 10.1. The Morgan fingerprint density at radius 2 is 1.84 bits per heavy atom. The molecule has 3 nitrogen and oxygen atoms in total. The van der Waals surface area contributed by atoms with Crippen LogP contribution in [0.2, 0.25) is 18.6 Å². The molecular weight excluding hydrogens is 322 g/mol. The Labute approximate surface area is 154 Å². The molecule has 0 aromatic heterocycles. The van der Waals surface area contributed by atoms with Crippen LogP contribution in [-0.2, 0) is 0 Å². The molecule has 136 valence electrons. The van der Waals surface area contributed by atoms with E-state index in [1.165, 1.54) is 12.0 Å². The van der Waals surface area contributed by atoms with Crippen LogP contribution in [0.15, 0.2) is 30.3 Å². The van der Waals surface area contributed by atoms with Crippen molar-refractivity contribution in [2.75, 3.05) is 20.0 Å². The molecule has 1 aromatic carbocycles. The monoisotopic (exact) mass is 355 g/mol. The number of fused-ring (bicyclic) bond motifs is 3. The smallest absolute Gasteiger partial charge is 0.129 e. The first-order valence-electron chi connectivity index (χ1n) is 9.93. The van der Waals surface area contributed by atoms with Crippen LogP contribution >= 0.6 is 0 Å². The van der Waals surface area contributed by atoms with Gasteiger partial charge in [-0.15, -0.1) is 0 Å². The van der Waals surface area contributed by atoms with Crippen molar-refractivity contribution in [1.82, 2.24) is 15.2 Å². The number of hydrogen-bond donors (Lipinski definition) is 2. The molecule has 3 aliphatic rings. The summed E-state index contributed by atoms with van der Waals surface area (Å²) in [7, 11) is -1.57. The first-order valence-corrected chi connectivity index (χ1v) is 13.0. The fraction of sp³-hybridized carbons (Fsp3) is 0.619. The summed E-state index contributed by atoms with van der Waals surface area (Å²) >= 11 is 0. The van der Waals surface area contributed by atoms with Crippen LogP contribution in [0.5, 0.6) is 0 Å². The SMILES string of the molecule is CC(C)C1CC2c3ccccc3C=CC2C1[Si](C)(C)N1CNCNC1. The average Bonchev–Trinajstić information content (AvgIpc) is 3.03. The predicted molar refractivity (Wildman–Crippen MR) is 109 cm³/mol. The van der Waals surface area contributed by atoms with Gasteiger partial charge >= 0.3 is 0 Å². The van der Waals surface area contributed by atoms with E-state index >= 15 is 0 Å². The first kappa shape index (κ1) is 17.5. The molecule has 0 bridgehead atoms. The van der Waals surface area contributed by atoms with Crippen molar-refractivity contribution in [3.8, 4) is 0 Å². The Balaban J connectivity index is 1.71. The van der Waals surface area contributed by atoms with E-state index in [0.29, 0.717) is 5.92 Å². The van der Waals surface area contributed by atoms with Gasteiger partial charge in [0.05, 0.1) is 0 Å². The van der Waals surface area contributed by atoms with Gasteiger partial charge in [0.1, 0.15) is 8.24 Å². The number of allylic oxidation sites excluding steroid dienone is 1. The summed E-state index contributed by atoms with van der Waals surface area (Å²) in [6.45, 7) is 13.1. The second-order valence-corrected chi connectivity index (χ2v) is 13.6. The van der Waals surface area contributed by atoms with Crippen molar-refractivity contribution >= 4 is 14.3 Å². The Morgan fingerprint density at radius 1 is 1.12 bits per heavy atom. The van der Waals surface area contributed by atoms with Crippen LogP contribution in [-0.4, -0.2) is 32.8 Å². The molecule has 2 N–H and O–H groups in total. The third-order valence-electron chi connectivity index (χ3n) is 7.10. The number of benzene rings is 1. The largest absolute Gasteiger partial charge is 0.299 e.